The van der Waals surface area contributed by atoms with Crippen molar-refractivity contribution >= 4 is 46.8 Å². The molecule has 0 aliphatic carbocycles. The summed E-state index contributed by atoms with van der Waals surface area (Å²) in [4.78, 5) is 72.1. The lowest BCUT2D eigenvalue weighted by molar-refractivity contribution is -0.182. The lowest BCUT2D eigenvalue weighted by Crippen LogP contribution is -2.54. The molecule has 1 aromatic heterocycles. The highest BCUT2D eigenvalue weighted by Gasteiger charge is 2.51. The number of ether oxygens (including phenoxy) is 1. The van der Waals surface area contributed by atoms with Crippen LogP contribution in [0.15, 0.2) is 48.5 Å². The number of alkyl halides is 3. The number of anilines is 1. The second kappa shape index (κ2) is 15.1. The molecule has 3 N–H and O–H groups in total. The number of amides is 5. The molecule has 19 heteroatoms. The van der Waals surface area contributed by atoms with Gasteiger partial charge in [-0.2, -0.15) is 18.3 Å². The highest BCUT2D eigenvalue weighted by atomic mass is 35.5. The lowest BCUT2D eigenvalue weighted by Gasteiger charge is -2.36. The van der Waals surface area contributed by atoms with Gasteiger partial charge in [0.1, 0.15) is 28.8 Å². The Bertz CT molecular complexity index is 2400. The molecule has 4 aromatic rings. The van der Waals surface area contributed by atoms with Gasteiger partial charge in [0.25, 0.3) is 17.7 Å². The minimum absolute atomic E-state index is 0.00776. The normalized spacial score (nSPS) is 19.8. The van der Waals surface area contributed by atoms with Crippen LogP contribution in [0.1, 0.15) is 70.2 Å². The number of benzene rings is 3. The van der Waals surface area contributed by atoms with Crippen molar-refractivity contribution in [1.82, 2.24) is 35.6 Å². The van der Waals surface area contributed by atoms with Crippen LogP contribution >= 0.6 is 11.6 Å². The Hall–Kier alpha value is -5.88. The number of carbonyl (C=O) groups excluding carboxylic acids is 5. The molecule has 0 radical (unpaired) electrons. The van der Waals surface area contributed by atoms with Gasteiger partial charge >= 0.3 is 6.18 Å². The molecule has 3 aromatic carbocycles. The Morgan fingerprint density at radius 1 is 0.966 bits per heavy atom. The quantitative estimate of drug-likeness (QED) is 0.162. The van der Waals surface area contributed by atoms with Crippen molar-refractivity contribution in [3.05, 3.63) is 93.3 Å². The van der Waals surface area contributed by atoms with Gasteiger partial charge in [0, 0.05) is 56.2 Å². The first-order valence-electron chi connectivity index (χ1n) is 18.9. The number of halogens is 5. The van der Waals surface area contributed by atoms with Gasteiger partial charge in [-0.1, -0.05) is 35.9 Å². The highest BCUT2D eigenvalue weighted by molar-refractivity contribution is 6.33. The van der Waals surface area contributed by atoms with Gasteiger partial charge in [-0.25, -0.2) is 9.37 Å². The lowest BCUT2D eigenvalue weighted by atomic mass is 9.92. The maximum absolute atomic E-state index is 15.4. The molecular formula is C40H37ClF4N8O6. The van der Waals surface area contributed by atoms with Crippen LogP contribution in [0.2, 0.25) is 5.02 Å². The van der Waals surface area contributed by atoms with E-state index in [0.717, 1.165) is 41.5 Å². The molecule has 5 heterocycles. The third-order valence-electron chi connectivity index (χ3n) is 11.2. The van der Waals surface area contributed by atoms with Gasteiger partial charge in [0.15, 0.2) is 11.9 Å². The minimum Gasteiger partial charge on any atom is -0.480 e. The van der Waals surface area contributed by atoms with E-state index >= 15 is 4.39 Å². The Morgan fingerprint density at radius 3 is 2.34 bits per heavy atom. The van der Waals surface area contributed by atoms with Crippen LogP contribution < -0.4 is 20.3 Å². The number of H-pyrrole nitrogens is 1. The maximum Gasteiger partial charge on any atom is 0.401 e. The first-order chi connectivity index (χ1) is 28.0. The monoisotopic (exact) mass is 836 g/mol. The van der Waals surface area contributed by atoms with Crippen molar-refractivity contribution < 1.29 is 46.3 Å². The number of aromatic nitrogens is 3. The third-order valence-corrected chi connectivity index (χ3v) is 11.6. The molecule has 59 heavy (non-hydrogen) atoms. The summed E-state index contributed by atoms with van der Waals surface area (Å²) >= 11 is 6.69. The molecule has 2 fully saturated rings. The standard InChI is InChI=1S/C40H37ClF4N8O6/c1-39(2,40(43,44)45)38-47-32(49-50-38)18-46-35(56)31-14-22-13-26(41)23(17-30(22)59-31)21-5-3-20(4-6-21)19-51-9-11-52(12-10-51)29-16-25-24(15-27(29)42)36(57)53(37(25)58)28-7-8-33(54)48-34(28)55/h3-6,13,15-17,28,31H,7-12,14,18-19H2,1-2H3,(H,46,56)(H,47,49,50)(H,48,54,55)/t28?,31-/m1/s1. The predicted molar refractivity (Wildman–Crippen MR) is 203 cm³/mol. The number of nitrogens with zero attached hydrogens (tertiary/aromatic N) is 5. The van der Waals surface area contributed by atoms with Gasteiger partial charge in [0.05, 0.1) is 23.4 Å². The van der Waals surface area contributed by atoms with Crippen molar-refractivity contribution in [3.8, 4) is 16.9 Å². The largest absolute Gasteiger partial charge is 0.480 e. The fourth-order valence-corrected chi connectivity index (χ4v) is 7.90. The number of nitrogens with one attached hydrogen (secondary N) is 3. The number of rotatable bonds is 9. The van der Waals surface area contributed by atoms with Crippen LogP contribution in [-0.2, 0) is 39.3 Å². The van der Waals surface area contributed by atoms with E-state index in [2.05, 4.69) is 30.7 Å². The molecule has 0 saturated carbocycles. The maximum atomic E-state index is 15.4. The first kappa shape index (κ1) is 39.9. The molecule has 8 rings (SSSR count). The van der Waals surface area contributed by atoms with Gasteiger partial charge in [0.2, 0.25) is 11.8 Å². The van der Waals surface area contributed by atoms with E-state index in [9.17, 15) is 37.1 Å². The topological polar surface area (TPSA) is 170 Å². The number of hydrogen-bond donors (Lipinski definition) is 3. The molecule has 4 aliphatic heterocycles. The van der Waals surface area contributed by atoms with E-state index in [1.54, 1.807) is 12.1 Å². The molecule has 2 saturated heterocycles. The van der Waals surface area contributed by atoms with Gasteiger partial charge in [-0.05, 0) is 61.2 Å². The Labute approximate surface area is 339 Å². The van der Waals surface area contributed by atoms with Crippen molar-refractivity contribution in [3.63, 3.8) is 0 Å². The van der Waals surface area contributed by atoms with Crippen LogP contribution in [-0.4, -0.2) is 99.0 Å². The summed E-state index contributed by atoms with van der Waals surface area (Å²) in [7, 11) is 0. The van der Waals surface area contributed by atoms with Gasteiger partial charge in [-0.3, -0.25) is 44.2 Å². The van der Waals surface area contributed by atoms with Crippen LogP contribution in [0.5, 0.6) is 5.75 Å². The Kier molecular flexibility index (Phi) is 10.2. The predicted octanol–water partition coefficient (Wildman–Crippen LogP) is 4.45. The van der Waals surface area contributed by atoms with E-state index in [4.69, 9.17) is 16.3 Å². The van der Waals surface area contributed by atoms with Gasteiger partial charge < -0.3 is 15.0 Å². The van der Waals surface area contributed by atoms with Crippen LogP contribution in [0, 0.1) is 5.82 Å². The number of hydrogen-bond acceptors (Lipinski definition) is 10. The summed E-state index contributed by atoms with van der Waals surface area (Å²) < 4.78 is 61.5. The number of fused-ring (bicyclic) bond motifs is 2. The fourth-order valence-electron chi connectivity index (χ4n) is 7.61. The van der Waals surface area contributed by atoms with Crippen LogP contribution in [0.25, 0.3) is 11.1 Å². The number of aromatic amines is 1. The summed E-state index contributed by atoms with van der Waals surface area (Å²) in [5.74, 6) is -3.66. The summed E-state index contributed by atoms with van der Waals surface area (Å²) in [6.45, 7) is 4.49. The average molecular weight is 837 g/mol. The van der Waals surface area contributed by atoms with E-state index < -0.39 is 64.9 Å². The van der Waals surface area contributed by atoms with Crippen LogP contribution in [0.3, 0.4) is 0 Å². The number of piperidine rings is 1. The molecule has 2 atom stereocenters. The molecule has 0 spiro atoms. The van der Waals surface area contributed by atoms with Crippen molar-refractivity contribution in [2.45, 2.75) is 69.9 Å². The van der Waals surface area contributed by atoms with E-state index in [1.807, 2.05) is 29.2 Å². The van der Waals surface area contributed by atoms with E-state index in [-0.39, 0.29) is 48.4 Å². The molecular weight excluding hydrogens is 800 g/mol. The Morgan fingerprint density at radius 2 is 1.66 bits per heavy atom. The van der Waals surface area contributed by atoms with Crippen molar-refractivity contribution in [2.24, 2.45) is 0 Å². The van der Waals surface area contributed by atoms with Crippen LogP contribution in [0.4, 0.5) is 23.2 Å². The Balaban J connectivity index is 0.850. The van der Waals surface area contributed by atoms with E-state index in [1.165, 1.54) is 6.07 Å². The molecule has 5 amide bonds. The first-order valence-corrected chi connectivity index (χ1v) is 19.2. The molecule has 0 bridgehead atoms. The second-order valence-corrected chi connectivity index (χ2v) is 15.9. The zero-order valence-corrected chi connectivity index (χ0v) is 32.5. The van der Waals surface area contributed by atoms with Crippen molar-refractivity contribution in [2.75, 3.05) is 31.1 Å². The smallest absolute Gasteiger partial charge is 0.401 e. The second-order valence-electron chi connectivity index (χ2n) is 15.5. The summed E-state index contributed by atoms with van der Waals surface area (Å²) in [5, 5.41) is 11.4. The third kappa shape index (κ3) is 7.50. The summed E-state index contributed by atoms with van der Waals surface area (Å²) in [6.07, 6.45) is -5.20. The molecule has 4 aliphatic rings. The SMILES string of the molecule is CC(C)(c1n[nH]c(CNC(=O)[C@H]2Cc3cc(Cl)c(-c4ccc(CN5CCN(c6cc7c(cc6F)C(=O)N(C6CCC(=O)NC6=O)C7=O)CC5)cc4)cc3O2)n1)C(F)(F)F. The molecule has 14 nitrogen and oxygen atoms in total. The fraction of sp³-hybridized carbons (Fsp3) is 0.375. The molecule has 1 unspecified atom stereocenters. The van der Waals surface area contributed by atoms with Crippen molar-refractivity contribution in [1.29, 1.82) is 0 Å². The number of imide groups is 2. The van der Waals surface area contributed by atoms with E-state index in [0.29, 0.717) is 49.1 Å². The zero-order valence-electron chi connectivity index (χ0n) is 31.7. The summed E-state index contributed by atoms with van der Waals surface area (Å²) in [6, 6.07) is 12.6. The van der Waals surface area contributed by atoms with Gasteiger partial charge in [-0.15, -0.1) is 0 Å². The molecule has 308 valence electrons. The number of carbonyl (C=O) groups is 5. The summed E-state index contributed by atoms with van der Waals surface area (Å²) in [5.41, 5.74) is 1.11. The average Bonchev–Trinajstić information content (AvgIpc) is 3.90. The highest BCUT2D eigenvalue weighted by Crippen LogP contribution is 2.40. The number of piperazine rings is 1. The zero-order chi connectivity index (χ0) is 42.0. The minimum atomic E-state index is -4.56.